The van der Waals surface area contributed by atoms with Gasteiger partial charge in [-0.05, 0) is 44.9 Å². The molecule has 3 heterocycles. The highest BCUT2D eigenvalue weighted by Crippen LogP contribution is 2.21. The smallest absolute Gasteiger partial charge is 0.176 e. The van der Waals surface area contributed by atoms with E-state index in [1.807, 2.05) is 29.2 Å². The Labute approximate surface area is 126 Å². The van der Waals surface area contributed by atoms with Crippen LogP contribution in [-0.2, 0) is 0 Å². The van der Waals surface area contributed by atoms with Gasteiger partial charge in [0.25, 0.3) is 0 Å². The maximum atomic E-state index is 4.46. The summed E-state index contributed by atoms with van der Waals surface area (Å²) < 4.78 is 1.81. The SMILES string of the molecule is CC(C)N1CCC(Nc2cccnc2-n2cccn2)CC1. The molecule has 1 N–H and O–H groups in total. The van der Waals surface area contributed by atoms with Crippen LogP contribution in [0.25, 0.3) is 5.82 Å². The molecule has 0 atom stereocenters. The highest BCUT2D eigenvalue weighted by atomic mass is 15.3. The second-order valence-electron chi connectivity index (χ2n) is 5.87. The first-order valence-electron chi connectivity index (χ1n) is 7.69. The van der Waals surface area contributed by atoms with Crippen LogP contribution < -0.4 is 5.32 Å². The highest BCUT2D eigenvalue weighted by Gasteiger charge is 2.21. The molecule has 3 rings (SSSR count). The van der Waals surface area contributed by atoms with Crippen LogP contribution in [0.15, 0.2) is 36.8 Å². The van der Waals surface area contributed by atoms with E-state index in [-0.39, 0.29) is 0 Å². The van der Waals surface area contributed by atoms with E-state index in [1.54, 1.807) is 6.20 Å². The topological polar surface area (TPSA) is 46.0 Å². The second kappa shape index (κ2) is 6.26. The van der Waals surface area contributed by atoms with Crippen molar-refractivity contribution >= 4 is 5.69 Å². The number of anilines is 1. The van der Waals surface area contributed by atoms with Crippen LogP contribution in [0.3, 0.4) is 0 Å². The number of nitrogens with one attached hydrogen (secondary N) is 1. The Kier molecular flexibility index (Phi) is 4.20. The maximum absolute atomic E-state index is 4.46. The van der Waals surface area contributed by atoms with Crippen LogP contribution in [0.4, 0.5) is 5.69 Å². The summed E-state index contributed by atoms with van der Waals surface area (Å²) in [6, 6.07) is 7.12. The van der Waals surface area contributed by atoms with Crippen molar-refractivity contribution in [3.63, 3.8) is 0 Å². The van der Waals surface area contributed by atoms with Gasteiger partial charge in [0.05, 0.1) is 5.69 Å². The zero-order chi connectivity index (χ0) is 14.7. The third kappa shape index (κ3) is 3.24. The molecule has 1 saturated heterocycles. The summed E-state index contributed by atoms with van der Waals surface area (Å²) in [5.74, 6) is 0.869. The van der Waals surface area contributed by atoms with Gasteiger partial charge in [0.2, 0.25) is 0 Å². The summed E-state index contributed by atoms with van der Waals surface area (Å²) >= 11 is 0. The molecule has 0 unspecified atom stereocenters. The van der Waals surface area contributed by atoms with Crippen molar-refractivity contribution in [2.24, 2.45) is 0 Å². The van der Waals surface area contributed by atoms with Gasteiger partial charge in [-0.2, -0.15) is 5.10 Å². The lowest BCUT2D eigenvalue weighted by atomic mass is 10.0. The van der Waals surface area contributed by atoms with Gasteiger partial charge in [-0.1, -0.05) is 0 Å². The lowest BCUT2D eigenvalue weighted by Gasteiger charge is -2.35. The Balaban J connectivity index is 1.69. The molecule has 112 valence electrons. The first-order valence-corrected chi connectivity index (χ1v) is 7.69. The van der Waals surface area contributed by atoms with Crippen molar-refractivity contribution in [1.82, 2.24) is 19.7 Å². The molecule has 1 aliphatic heterocycles. The minimum Gasteiger partial charge on any atom is -0.379 e. The first-order chi connectivity index (χ1) is 10.2. The van der Waals surface area contributed by atoms with Crippen LogP contribution in [0.2, 0.25) is 0 Å². The summed E-state index contributed by atoms with van der Waals surface area (Å²) in [7, 11) is 0. The summed E-state index contributed by atoms with van der Waals surface area (Å²) in [5, 5.41) is 7.93. The number of aromatic nitrogens is 3. The summed E-state index contributed by atoms with van der Waals surface area (Å²) in [6.07, 6.45) is 7.86. The van der Waals surface area contributed by atoms with Gasteiger partial charge in [-0.25, -0.2) is 9.67 Å². The minimum atomic E-state index is 0.513. The lowest BCUT2D eigenvalue weighted by Crippen LogP contribution is -2.42. The molecule has 0 radical (unpaired) electrons. The molecule has 21 heavy (non-hydrogen) atoms. The molecule has 2 aromatic rings. The zero-order valence-electron chi connectivity index (χ0n) is 12.7. The molecule has 0 aromatic carbocycles. The third-order valence-corrected chi connectivity index (χ3v) is 4.13. The van der Waals surface area contributed by atoms with Gasteiger partial charge in [0.15, 0.2) is 5.82 Å². The molecule has 5 nitrogen and oxygen atoms in total. The fourth-order valence-electron chi connectivity index (χ4n) is 2.87. The lowest BCUT2D eigenvalue weighted by molar-refractivity contribution is 0.177. The van der Waals surface area contributed by atoms with Crippen LogP contribution in [-0.4, -0.2) is 44.8 Å². The van der Waals surface area contributed by atoms with E-state index in [0.717, 1.165) is 24.6 Å². The number of hydrogen-bond acceptors (Lipinski definition) is 4. The first kappa shape index (κ1) is 14.1. The number of piperidine rings is 1. The van der Waals surface area contributed by atoms with Gasteiger partial charge < -0.3 is 10.2 Å². The van der Waals surface area contributed by atoms with Gasteiger partial charge in [-0.3, -0.25) is 0 Å². The average Bonchev–Trinajstić information content (AvgIpc) is 3.02. The van der Waals surface area contributed by atoms with Crippen LogP contribution >= 0.6 is 0 Å². The number of pyridine rings is 1. The van der Waals surface area contributed by atoms with Crippen LogP contribution in [0, 0.1) is 0 Å². The van der Waals surface area contributed by atoms with Gasteiger partial charge in [0, 0.05) is 43.8 Å². The zero-order valence-corrected chi connectivity index (χ0v) is 12.7. The van der Waals surface area contributed by atoms with E-state index in [2.05, 4.69) is 40.2 Å². The van der Waals surface area contributed by atoms with Gasteiger partial charge >= 0.3 is 0 Å². The van der Waals surface area contributed by atoms with E-state index in [0.29, 0.717) is 12.1 Å². The molecular formula is C16H23N5. The monoisotopic (exact) mass is 285 g/mol. The van der Waals surface area contributed by atoms with E-state index in [1.165, 1.54) is 12.8 Å². The van der Waals surface area contributed by atoms with E-state index in [9.17, 15) is 0 Å². The van der Waals surface area contributed by atoms with E-state index < -0.39 is 0 Å². The largest absolute Gasteiger partial charge is 0.379 e. The highest BCUT2D eigenvalue weighted by molar-refractivity contribution is 5.56. The molecule has 2 aromatic heterocycles. The van der Waals surface area contributed by atoms with Crippen molar-refractivity contribution in [2.75, 3.05) is 18.4 Å². The Bertz CT molecular complexity index is 556. The molecule has 1 aliphatic rings. The molecule has 0 saturated carbocycles. The summed E-state index contributed by atoms with van der Waals surface area (Å²) in [5.41, 5.74) is 1.06. The Hall–Kier alpha value is -1.88. The van der Waals surface area contributed by atoms with E-state index >= 15 is 0 Å². The van der Waals surface area contributed by atoms with Crippen molar-refractivity contribution < 1.29 is 0 Å². The third-order valence-electron chi connectivity index (χ3n) is 4.13. The number of nitrogens with zero attached hydrogens (tertiary/aromatic N) is 4. The Morgan fingerprint density at radius 3 is 2.67 bits per heavy atom. The molecule has 5 heteroatoms. The minimum absolute atomic E-state index is 0.513. The fourth-order valence-corrected chi connectivity index (χ4v) is 2.87. The average molecular weight is 285 g/mol. The molecular weight excluding hydrogens is 262 g/mol. The fraction of sp³-hybridized carbons (Fsp3) is 0.500. The summed E-state index contributed by atoms with van der Waals surface area (Å²) in [4.78, 5) is 6.99. The van der Waals surface area contributed by atoms with Crippen LogP contribution in [0.1, 0.15) is 26.7 Å². The van der Waals surface area contributed by atoms with Gasteiger partial charge in [0.1, 0.15) is 0 Å². The molecule has 0 bridgehead atoms. The predicted octanol–water partition coefficient (Wildman–Crippen LogP) is 2.55. The second-order valence-corrected chi connectivity index (χ2v) is 5.87. The standard InChI is InChI=1S/C16H23N5/c1-13(2)20-11-6-14(7-12-20)19-15-5-3-8-17-16(15)21-10-4-9-18-21/h3-5,8-10,13-14,19H,6-7,11-12H2,1-2H3. The quantitative estimate of drug-likeness (QED) is 0.938. The number of hydrogen-bond donors (Lipinski definition) is 1. The van der Waals surface area contributed by atoms with Crippen molar-refractivity contribution in [2.45, 2.75) is 38.8 Å². The summed E-state index contributed by atoms with van der Waals surface area (Å²) in [6.45, 7) is 6.86. The maximum Gasteiger partial charge on any atom is 0.176 e. The number of likely N-dealkylation sites (tertiary alicyclic amines) is 1. The van der Waals surface area contributed by atoms with Crippen molar-refractivity contribution in [1.29, 1.82) is 0 Å². The predicted molar refractivity (Wildman–Crippen MR) is 84.7 cm³/mol. The number of rotatable bonds is 4. The van der Waals surface area contributed by atoms with E-state index in [4.69, 9.17) is 0 Å². The molecule has 0 aliphatic carbocycles. The van der Waals surface area contributed by atoms with Crippen molar-refractivity contribution in [3.05, 3.63) is 36.8 Å². The van der Waals surface area contributed by atoms with Crippen LogP contribution in [0.5, 0.6) is 0 Å². The normalized spacial score (nSPS) is 17.3. The Morgan fingerprint density at radius 2 is 2.00 bits per heavy atom. The molecule has 0 amide bonds. The van der Waals surface area contributed by atoms with Gasteiger partial charge in [-0.15, -0.1) is 0 Å². The Morgan fingerprint density at radius 1 is 1.19 bits per heavy atom. The molecule has 0 spiro atoms. The molecule has 1 fully saturated rings. The van der Waals surface area contributed by atoms with Crippen molar-refractivity contribution in [3.8, 4) is 5.82 Å².